The molecule has 2 heterocycles. The van der Waals surface area contributed by atoms with Crippen LogP contribution in [0.5, 0.6) is 0 Å². The van der Waals surface area contributed by atoms with E-state index in [-0.39, 0.29) is 0 Å². The van der Waals surface area contributed by atoms with E-state index in [4.69, 9.17) is 0 Å². The van der Waals surface area contributed by atoms with Gasteiger partial charge in [-0.2, -0.15) is 11.3 Å². The second kappa shape index (κ2) is 5.48. The molecule has 0 aliphatic carbocycles. The van der Waals surface area contributed by atoms with Crippen LogP contribution >= 0.6 is 11.3 Å². The molecule has 88 valence electrons. The van der Waals surface area contributed by atoms with Gasteiger partial charge in [0.15, 0.2) is 0 Å². The van der Waals surface area contributed by atoms with Crippen molar-refractivity contribution >= 4 is 17.2 Å². The maximum atomic E-state index is 12.0. The first-order valence-corrected chi connectivity index (χ1v) is 7.02. The average Bonchev–Trinajstić information content (AvgIpc) is 2.82. The molecule has 0 atom stereocenters. The van der Waals surface area contributed by atoms with Gasteiger partial charge in [-0.15, -0.1) is 0 Å². The Labute approximate surface area is 101 Å². The molecule has 16 heavy (non-hydrogen) atoms. The molecule has 1 saturated heterocycles. The molecule has 0 spiro atoms. The number of hydrogen-bond donors (Lipinski definition) is 0. The molecular weight excluding hydrogens is 218 g/mol. The van der Waals surface area contributed by atoms with Crippen molar-refractivity contribution in [2.24, 2.45) is 5.92 Å². The van der Waals surface area contributed by atoms with Crippen molar-refractivity contribution < 1.29 is 4.79 Å². The number of rotatable bonds is 3. The smallest absolute Gasteiger partial charge is 0.227 e. The van der Waals surface area contributed by atoms with E-state index in [0.717, 1.165) is 24.6 Å². The molecule has 0 bridgehead atoms. The molecule has 0 aromatic carbocycles. The summed E-state index contributed by atoms with van der Waals surface area (Å²) in [7, 11) is 0. The number of likely N-dealkylation sites (tertiary alicyclic amines) is 1. The quantitative estimate of drug-likeness (QED) is 0.791. The zero-order valence-corrected chi connectivity index (χ0v) is 10.6. The molecule has 2 nitrogen and oxygen atoms in total. The van der Waals surface area contributed by atoms with E-state index in [1.807, 2.05) is 16.3 Å². The van der Waals surface area contributed by atoms with Crippen LogP contribution in [0.4, 0.5) is 0 Å². The van der Waals surface area contributed by atoms with Crippen LogP contribution in [0.1, 0.15) is 31.7 Å². The van der Waals surface area contributed by atoms with Crippen molar-refractivity contribution in [3.63, 3.8) is 0 Å². The van der Waals surface area contributed by atoms with E-state index in [1.54, 1.807) is 11.3 Å². The lowest BCUT2D eigenvalue weighted by atomic mass is 9.94. The van der Waals surface area contributed by atoms with Crippen molar-refractivity contribution in [1.29, 1.82) is 0 Å². The van der Waals surface area contributed by atoms with Crippen molar-refractivity contribution in [2.45, 2.75) is 32.6 Å². The molecule has 3 heteroatoms. The van der Waals surface area contributed by atoms with E-state index in [0.29, 0.717) is 12.3 Å². The Hall–Kier alpha value is -0.830. The Kier molecular flexibility index (Phi) is 3.99. The van der Waals surface area contributed by atoms with Gasteiger partial charge in [0.05, 0.1) is 6.42 Å². The van der Waals surface area contributed by atoms with E-state index < -0.39 is 0 Å². The number of carbonyl (C=O) groups is 1. The lowest BCUT2D eigenvalue weighted by Gasteiger charge is -2.31. The Morgan fingerprint density at radius 1 is 1.50 bits per heavy atom. The SMILES string of the molecule is CCC1CCN(C(=O)Cc2ccsc2)CC1. The highest BCUT2D eigenvalue weighted by atomic mass is 32.1. The van der Waals surface area contributed by atoms with Gasteiger partial charge in [-0.05, 0) is 41.1 Å². The number of hydrogen-bond acceptors (Lipinski definition) is 2. The van der Waals surface area contributed by atoms with Crippen LogP contribution in [0.15, 0.2) is 16.8 Å². The molecule has 0 saturated carbocycles. The van der Waals surface area contributed by atoms with Gasteiger partial charge in [-0.3, -0.25) is 4.79 Å². The van der Waals surface area contributed by atoms with E-state index in [2.05, 4.69) is 12.3 Å². The first-order valence-electron chi connectivity index (χ1n) is 6.08. The van der Waals surface area contributed by atoms with Crippen LogP contribution in [-0.2, 0) is 11.2 Å². The van der Waals surface area contributed by atoms with Gasteiger partial charge in [0, 0.05) is 13.1 Å². The molecule has 1 aromatic heterocycles. The van der Waals surface area contributed by atoms with Crippen LogP contribution in [0.3, 0.4) is 0 Å². The minimum absolute atomic E-state index is 0.299. The van der Waals surface area contributed by atoms with E-state index in [9.17, 15) is 4.79 Å². The van der Waals surface area contributed by atoms with Crippen molar-refractivity contribution in [2.75, 3.05) is 13.1 Å². The van der Waals surface area contributed by atoms with Gasteiger partial charge in [0.25, 0.3) is 0 Å². The predicted octanol–water partition coefficient (Wildman–Crippen LogP) is 2.94. The van der Waals surface area contributed by atoms with Gasteiger partial charge >= 0.3 is 0 Å². The average molecular weight is 237 g/mol. The summed E-state index contributed by atoms with van der Waals surface area (Å²) in [5.41, 5.74) is 1.16. The van der Waals surface area contributed by atoms with Gasteiger partial charge < -0.3 is 4.90 Å². The first-order chi connectivity index (χ1) is 7.79. The predicted molar refractivity (Wildman–Crippen MR) is 67.6 cm³/mol. The van der Waals surface area contributed by atoms with Gasteiger partial charge in [-0.25, -0.2) is 0 Å². The van der Waals surface area contributed by atoms with E-state index in [1.165, 1.54) is 19.3 Å². The topological polar surface area (TPSA) is 20.3 Å². The van der Waals surface area contributed by atoms with E-state index >= 15 is 0 Å². The highest BCUT2D eigenvalue weighted by Gasteiger charge is 2.21. The maximum Gasteiger partial charge on any atom is 0.227 e. The molecule has 0 radical (unpaired) electrons. The van der Waals surface area contributed by atoms with Crippen LogP contribution in [0, 0.1) is 5.92 Å². The number of piperidine rings is 1. The molecule has 2 rings (SSSR count). The van der Waals surface area contributed by atoms with Crippen molar-refractivity contribution in [3.8, 4) is 0 Å². The largest absolute Gasteiger partial charge is 0.342 e. The summed E-state index contributed by atoms with van der Waals surface area (Å²) in [4.78, 5) is 14.0. The molecular formula is C13H19NOS. The molecule has 1 aromatic rings. The third kappa shape index (κ3) is 2.85. The van der Waals surface area contributed by atoms with Crippen molar-refractivity contribution in [1.82, 2.24) is 4.90 Å². The Bertz CT molecular complexity index is 326. The minimum atomic E-state index is 0.299. The normalized spacial score (nSPS) is 17.7. The number of amides is 1. The molecule has 1 amide bonds. The van der Waals surface area contributed by atoms with Crippen molar-refractivity contribution in [3.05, 3.63) is 22.4 Å². The van der Waals surface area contributed by atoms with Crippen LogP contribution < -0.4 is 0 Å². The fourth-order valence-corrected chi connectivity index (χ4v) is 2.94. The summed E-state index contributed by atoms with van der Waals surface area (Å²) in [5.74, 6) is 1.14. The molecule has 1 aliphatic heterocycles. The van der Waals surface area contributed by atoms with Crippen LogP contribution in [0.2, 0.25) is 0 Å². The molecule has 0 N–H and O–H groups in total. The zero-order valence-electron chi connectivity index (χ0n) is 9.82. The second-order valence-corrected chi connectivity index (χ2v) is 5.32. The molecule has 1 aliphatic rings. The standard InChI is InChI=1S/C13H19NOS/c1-2-11-3-6-14(7-4-11)13(15)9-12-5-8-16-10-12/h5,8,10-11H,2-4,6-7,9H2,1H3. The monoisotopic (exact) mass is 237 g/mol. The molecule has 0 unspecified atom stereocenters. The summed E-state index contributed by atoms with van der Waals surface area (Å²) < 4.78 is 0. The van der Waals surface area contributed by atoms with Gasteiger partial charge in [-0.1, -0.05) is 13.3 Å². The van der Waals surface area contributed by atoms with Gasteiger partial charge in [0.2, 0.25) is 5.91 Å². The number of thiophene rings is 1. The van der Waals surface area contributed by atoms with Crippen LogP contribution in [0.25, 0.3) is 0 Å². The number of nitrogens with zero attached hydrogens (tertiary/aromatic N) is 1. The lowest BCUT2D eigenvalue weighted by Crippen LogP contribution is -2.39. The molecule has 1 fully saturated rings. The second-order valence-electron chi connectivity index (χ2n) is 4.54. The third-order valence-corrected chi connectivity index (χ3v) is 4.21. The fourth-order valence-electron chi connectivity index (χ4n) is 2.27. The fraction of sp³-hybridized carbons (Fsp3) is 0.615. The lowest BCUT2D eigenvalue weighted by molar-refractivity contribution is -0.131. The highest BCUT2D eigenvalue weighted by Crippen LogP contribution is 2.20. The Balaban J connectivity index is 1.82. The first kappa shape index (κ1) is 11.6. The summed E-state index contributed by atoms with van der Waals surface area (Å²) in [6.07, 6.45) is 4.21. The summed E-state index contributed by atoms with van der Waals surface area (Å²) >= 11 is 1.66. The third-order valence-electron chi connectivity index (χ3n) is 3.48. The summed E-state index contributed by atoms with van der Waals surface area (Å²) in [6, 6.07) is 2.04. The van der Waals surface area contributed by atoms with Crippen LogP contribution in [-0.4, -0.2) is 23.9 Å². The number of carbonyl (C=O) groups excluding carboxylic acids is 1. The zero-order chi connectivity index (χ0) is 11.4. The highest BCUT2D eigenvalue weighted by molar-refractivity contribution is 7.07. The maximum absolute atomic E-state index is 12.0. The summed E-state index contributed by atoms with van der Waals surface area (Å²) in [6.45, 7) is 4.16. The Morgan fingerprint density at radius 3 is 2.81 bits per heavy atom. The Morgan fingerprint density at radius 2 is 2.25 bits per heavy atom. The summed E-state index contributed by atoms with van der Waals surface area (Å²) in [5, 5.41) is 4.10. The minimum Gasteiger partial charge on any atom is -0.342 e. The van der Waals surface area contributed by atoms with Gasteiger partial charge in [0.1, 0.15) is 0 Å².